The lowest BCUT2D eigenvalue weighted by Crippen LogP contribution is -2.39. The number of nitro groups is 1. The Hall–Kier alpha value is -5.29. The lowest BCUT2D eigenvalue weighted by Gasteiger charge is -2.25. The zero-order valence-electron chi connectivity index (χ0n) is 23.4. The fraction of sp³-hybridized carbons (Fsp3) is 0.156. The predicted octanol–water partition coefficient (Wildman–Crippen LogP) is 4.46. The number of carbonyl (C=O) groups excluding carboxylic acids is 1. The molecule has 1 unspecified atom stereocenters. The number of nitro benzene ring substituents is 1. The highest BCUT2D eigenvalue weighted by atomic mass is 32.1. The minimum Gasteiger partial charge on any atom is -0.493 e. The fourth-order valence-corrected chi connectivity index (χ4v) is 5.75. The zero-order valence-corrected chi connectivity index (χ0v) is 24.2. The molecule has 0 fully saturated rings. The summed E-state index contributed by atoms with van der Waals surface area (Å²) in [6.45, 7) is 5.67. The van der Waals surface area contributed by atoms with Gasteiger partial charge < -0.3 is 14.2 Å². The Morgan fingerprint density at radius 3 is 2.63 bits per heavy atom. The Bertz CT molecular complexity index is 1930. The highest BCUT2D eigenvalue weighted by Crippen LogP contribution is 2.36. The van der Waals surface area contributed by atoms with E-state index in [9.17, 15) is 19.7 Å². The van der Waals surface area contributed by atoms with Crippen LogP contribution in [0, 0.1) is 10.1 Å². The van der Waals surface area contributed by atoms with Crippen molar-refractivity contribution in [2.24, 2.45) is 4.99 Å². The molecule has 1 aromatic heterocycles. The molecule has 2 heterocycles. The minimum absolute atomic E-state index is 0.0397. The molecule has 43 heavy (non-hydrogen) atoms. The van der Waals surface area contributed by atoms with Crippen LogP contribution in [0.25, 0.3) is 6.08 Å². The number of fused-ring (bicyclic) bond motifs is 1. The molecular weight excluding hydrogens is 570 g/mol. The van der Waals surface area contributed by atoms with Crippen LogP contribution in [0.1, 0.15) is 29.7 Å². The molecule has 0 spiro atoms. The van der Waals surface area contributed by atoms with E-state index in [1.807, 2.05) is 30.3 Å². The number of ether oxygens (including phenoxy) is 3. The van der Waals surface area contributed by atoms with Gasteiger partial charge in [0.25, 0.3) is 11.2 Å². The van der Waals surface area contributed by atoms with Crippen molar-refractivity contribution in [1.29, 1.82) is 0 Å². The van der Waals surface area contributed by atoms with Gasteiger partial charge in [-0.3, -0.25) is 19.5 Å². The van der Waals surface area contributed by atoms with Gasteiger partial charge in [-0.2, -0.15) is 0 Å². The third-order valence-electron chi connectivity index (χ3n) is 6.69. The lowest BCUT2D eigenvalue weighted by atomic mass is 9.95. The second kappa shape index (κ2) is 12.7. The molecule has 3 aromatic carbocycles. The van der Waals surface area contributed by atoms with Gasteiger partial charge in [-0.1, -0.05) is 72.5 Å². The molecule has 10 nitrogen and oxygen atoms in total. The number of nitrogens with zero attached hydrogens (tertiary/aromatic N) is 3. The molecule has 0 aliphatic carbocycles. The largest absolute Gasteiger partial charge is 0.493 e. The SMILES string of the molecule is C=CCOc1ccc(C2C(C(=O)OCc3ccccc3)=C(C)N=c3sc(=Cc4cccc([N+](=O)[O-])c4)c(=O)n32)cc1OC. The number of benzene rings is 3. The van der Waals surface area contributed by atoms with Crippen LogP contribution >= 0.6 is 11.3 Å². The zero-order chi connectivity index (χ0) is 30.5. The van der Waals surface area contributed by atoms with Gasteiger partial charge in [0.2, 0.25) is 0 Å². The molecule has 0 amide bonds. The molecule has 1 atom stereocenters. The van der Waals surface area contributed by atoms with Crippen molar-refractivity contribution in [2.75, 3.05) is 13.7 Å². The van der Waals surface area contributed by atoms with Crippen LogP contribution in [0.2, 0.25) is 0 Å². The van der Waals surface area contributed by atoms with Crippen molar-refractivity contribution < 1.29 is 23.9 Å². The molecule has 218 valence electrons. The highest BCUT2D eigenvalue weighted by molar-refractivity contribution is 7.07. The molecule has 0 N–H and O–H groups in total. The molecule has 5 rings (SSSR count). The number of thiazole rings is 1. The molecule has 0 bridgehead atoms. The summed E-state index contributed by atoms with van der Waals surface area (Å²) in [6.07, 6.45) is 3.19. The van der Waals surface area contributed by atoms with E-state index in [1.165, 1.54) is 23.8 Å². The lowest BCUT2D eigenvalue weighted by molar-refractivity contribution is -0.384. The maximum atomic E-state index is 13.9. The van der Waals surface area contributed by atoms with Gasteiger partial charge in [0, 0.05) is 12.1 Å². The van der Waals surface area contributed by atoms with E-state index >= 15 is 0 Å². The Morgan fingerprint density at radius 2 is 1.91 bits per heavy atom. The smallest absolute Gasteiger partial charge is 0.338 e. The van der Waals surface area contributed by atoms with Crippen molar-refractivity contribution >= 4 is 29.1 Å². The molecule has 1 aliphatic rings. The van der Waals surface area contributed by atoms with Gasteiger partial charge in [-0.25, -0.2) is 9.79 Å². The standard InChI is InChI=1S/C32H27N3O7S/c1-4-15-41-25-14-13-23(18-26(25)40-3)29-28(31(37)42-19-21-9-6-5-7-10-21)20(2)33-32-34(29)30(36)27(43-32)17-22-11-8-12-24(16-22)35(38)39/h4-14,16-18,29H,1,15,19H2,2-3H3. The molecule has 0 saturated heterocycles. The number of allylic oxidation sites excluding steroid dienone is 1. The van der Waals surface area contributed by atoms with Crippen LogP contribution in [-0.4, -0.2) is 29.2 Å². The number of carbonyl (C=O) groups is 1. The first-order chi connectivity index (χ1) is 20.8. The topological polar surface area (TPSA) is 122 Å². The quantitative estimate of drug-likeness (QED) is 0.115. The number of hydrogen-bond acceptors (Lipinski definition) is 9. The van der Waals surface area contributed by atoms with Gasteiger partial charge in [0.15, 0.2) is 16.3 Å². The normalized spacial score (nSPS) is 14.5. The van der Waals surface area contributed by atoms with Crippen molar-refractivity contribution in [2.45, 2.75) is 19.6 Å². The van der Waals surface area contributed by atoms with Crippen LogP contribution < -0.4 is 24.4 Å². The summed E-state index contributed by atoms with van der Waals surface area (Å²) < 4.78 is 18.7. The van der Waals surface area contributed by atoms with Crippen LogP contribution in [0.4, 0.5) is 5.69 Å². The predicted molar refractivity (Wildman–Crippen MR) is 162 cm³/mol. The molecular formula is C32H27N3O7S. The molecule has 1 aliphatic heterocycles. The average molecular weight is 598 g/mol. The van der Waals surface area contributed by atoms with Gasteiger partial charge >= 0.3 is 5.97 Å². The summed E-state index contributed by atoms with van der Waals surface area (Å²) in [6, 6.07) is 19.6. The van der Waals surface area contributed by atoms with Gasteiger partial charge in [-0.05, 0) is 41.8 Å². The van der Waals surface area contributed by atoms with Gasteiger partial charge in [0.1, 0.15) is 13.2 Å². The summed E-state index contributed by atoms with van der Waals surface area (Å²) >= 11 is 1.13. The molecule has 11 heteroatoms. The number of rotatable bonds is 10. The van der Waals surface area contributed by atoms with Crippen molar-refractivity contribution in [3.63, 3.8) is 0 Å². The van der Waals surface area contributed by atoms with E-state index in [1.54, 1.807) is 49.4 Å². The molecule has 0 radical (unpaired) electrons. The summed E-state index contributed by atoms with van der Waals surface area (Å²) in [7, 11) is 1.50. The third-order valence-corrected chi connectivity index (χ3v) is 7.68. The van der Waals surface area contributed by atoms with Crippen LogP contribution in [-0.2, 0) is 16.1 Å². The minimum atomic E-state index is -0.894. The van der Waals surface area contributed by atoms with E-state index in [0.29, 0.717) is 37.7 Å². The highest BCUT2D eigenvalue weighted by Gasteiger charge is 2.34. The van der Waals surface area contributed by atoms with E-state index in [2.05, 4.69) is 11.6 Å². The van der Waals surface area contributed by atoms with Crippen LogP contribution in [0.5, 0.6) is 11.5 Å². The average Bonchev–Trinajstić information content (AvgIpc) is 3.32. The van der Waals surface area contributed by atoms with E-state index in [4.69, 9.17) is 14.2 Å². The number of non-ortho nitro benzene ring substituents is 1. The van der Waals surface area contributed by atoms with Gasteiger partial charge in [0.05, 0.1) is 33.9 Å². The van der Waals surface area contributed by atoms with Crippen LogP contribution in [0.15, 0.2) is 107 Å². The number of aromatic nitrogens is 1. The number of hydrogen-bond donors (Lipinski definition) is 0. The summed E-state index contributed by atoms with van der Waals surface area (Å²) in [5, 5.41) is 11.3. The Morgan fingerprint density at radius 1 is 1.12 bits per heavy atom. The maximum Gasteiger partial charge on any atom is 0.338 e. The molecule has 4 aromatic rings. The fourth-order valence-electron chi connectivity index (χ4n) is 4.70. The second-order valence-corrected chi connectivity index (χ2v) is 10.5. The Kier molecular flexibility index (Phi) is 8.63. The van der Waals surface area contributed by atoms with Crippen molar-refractivity contribution in [3.05, 3.63) is 143 Å². The Balaban J connectivity index is 1.64. The molecule has 0 saturated carbocycles. The third kappa shape index (κ3) is 6.16. The monoisotopic (exact) mass is 597 g/mol. The second-order valence-electron chi connectivity index (χ2n) is 9.51. The number of esters is 1. The first-order valence-electron chi connectivity index (χ1n) is 13.2. The summed E-state index contributed by atoms with van der Waals surface area (Å²) in [4.78, 5) is 43.4. The van der Waals surface area contributed by atoms with E-state index in [0.717, 1.165) is 16.9 Å². The van der Waals surface area contributed by atoms with Crippen molar-refractivity contribution in [1.82, 2.24) is 4.57 Å². The van der Waals surface area contributed by atoms with Gasteiger partial charge in [-0.15, -0.1) is 0 Å². The number of methoxy groups -OCH3 is 1. The summed E-state index contributed by atoms with van der Waals surface area (Å²) in [5.74, 6) is 0.261. The van der Waals surface area contributed by atoms with Crippen molar-refractivity contribution in [3.8, 4) is 11.5 Å². The van der Waals surface area contributed by atoms with E-state index < -0.39 is 22.5 Å². The summed E-state index contributed by atoms with van der Waals surface area (Å²) in [5.41, 5.74) is 1.97. The Labute approximate surface area is 250 Å². The first-order valence-corrected chi connectivity index (χ1v) is 14.0. The maximum absolute atomic E-state index is 13.9. The van der Waals surface area contributed by atoms with E-state index in [-0.39, 0.29) is 24.5 Å². The first kappa shape index (κ1) is 29.2. The van der Waals surface area contributed by atoms with Crippen LogP contribution in [0.3, 0.4) is 0 Å².